The molecule has 4 heavy (non-hydrogen) atoms. The molecule has 0 aliphatic carbocycles. The summed E-state index contributed by atoms with van der Waals surface area (Å²) in [5.74, 6) is 0. The van der Waals surface area contributed by atoms with Gasteiger partial charge in [0, 0.05) is 20.4 Å². The van der Waals surface area contributed by atoms with Gasteiger partial charge in [-0.1, -0.05) is 5.04 Å². The summed E-state index contributed by atoms with van der Waals surface area (Å²) in [6, 6.07) is 0. The van der Waals surface area contributed by atoms with E-state index in [0.717, 1.165) is 0 Å². The smallest absolute Gasteiger partial charge is 0 e. The Hall–Kier alpha value is 0.542. The van der Waals surface area contributed by atoms with Gasteiger partial charge < -0.3 is 0 Å². The SMILES string of the molecule is OOO.[Pd]. The van der Waals surface area contributed by atoms with Crippen molar-refractivity contribution in [3.05, 3.63) is 0 Å². The predicted molar refractivity (Wildman–Crippen MR) is 6.34 cm³/mol. The van der Waals surface area contributed by atoms with E-state index in [-0.39, 0.29) is 20.4 Å². The Balaban J connectivity index is 0. The first-order valence-corrected chi connectivity index (χ1v) is 0.365. The maximum Gasteiger partial charge on any atom is 0 e. The first-order valence-electron chi connectivity index (χ1n) is 0.365. The van der Waals surface area contributed by atoms with Gasteiger partial charge in [0.1, 0.15) is 0 Å². The van der Waals surface area contributed by atoms with Crippen LogP contribution in [-0.2, 0) is 25.5 Å². The summed E-state index contributed by atoms with van der Waals surface area (Å²) in [4.78, 5) is 0. The van der Waals surface area contributed by atoms with Crippen LogP contribution in [-0.4, -0.2) is 10.5 Å². The minimum atomic E-state index is 0. The normalized spacial score (nSPS) is 4.50. The van der Waals surface area contributed by atoms with Crippen molar-refractivity contribution in [2.75, 3.05) is 0 Å². The Morgan fingerprint density at radius 3 is 1.25 bits per heavy atom. The van der Waals surface area contributed by atoms with Gasteiger partial charge in [0.15, 0.2) is 0 Å². The molecule has 0 heterocycles. The molecule has 0 rings (SSSR count). The van der Waals surface area contributed by atoms with Gasteiger partial charge >= 0.3 is 0 Å². The number of hydrogen-bond donors (Lipinski definition) is 2. The fourth-order valence-electron chi connectivity index (χ4n) is 0. The molecule has 0 unspecified atom stereocenters. The first kappa shape index (κ1) is 8.82. The van der Waals surface area contributed by atoms with E-state index in [2.05, 4.69) is 5.04 Å². The van der Waals surface area contributed by atoms with Crippen LogP contribution in [0.15, 0.2) is 0 Å². The number of rotatable bonds is 0. The van der Waals surface area contributed by atoms with E-state index in [9.17, 15) is 0 Å². The molecular formula is H2O3Pd. The summed E-state index contributed by atoms with van der Waals surface area (Å²) in [7, 11) is 0. The second-order valence-electron chi connectivity index (χ2n) is 0.0816. The molecule has 0 aromatic carbocycles. The molecule has 0 atom stereocenters. The zero-order valence-electron chi connectivity index (χ0n) is 1.62. The average molecular weight is 156 g/mol. The zero-order chi connectivity index (χ0) is 2.71. The second kappa shape index (κ2) is 9.62. The van der Waals surface area contributed by atoms with Crippen LogP contribution in [0, 0.1) is 0 Å². The average Bonchev–Trinajstić information content (AvgIpc) is 0.918. The van der Waals surface area contributed by atoms with Gasteiger partial charge in [-0.2, -0.15) is 0 Å². The third-order valence-corrected chi connectivity index (χ3v) is 0. The molecule has 3 nitrogen and oxygen atoms in total. The van der Waals surface area contributed by atoms with E-state index in [1.165, 1.54) is 0 Å². The van der Waals surface area contributed by atoms with Gasteiger partial charge in [-0.3, -0.25) is 0 Å². The van der Waals surface area contributed by atoms with Crippen LogP contribution in [0.2, 0.25) is 0 Å². The summed E-state index contributed by atoms with van der Waals surface area (Å²) in [6.07, 6.45) is 0. The molecule has 0 amide bonds. The summed E-state index contributed by atoms with van der Waals surface area (Å²) in [6.45, 7) is 0. The molecule has 0 aliphatic heterocycles. The van der Waals surface area contributed by atoms with Crippen molar-refractivity contribution in [1.29, 1.82) is 0 Å². The largest absolute Gasteiger partial charge is 0.221 e. The second-order valence-corrected chi connectivity index (χ2v) is 0.0816. The maximum atomic E-state index is 6.62. The van der Waals surface area contributed by atoms with Crippen molar-refractivity contribution < 1.29 is 36.0 Å². The monoisotopic (exact) mass is 156 g/mol. The third-order valence-electron chi connectivity index (χ3n) is 0. The van der Waals surface area contributed by atoms with Crippen molar-refractivity contribution in [2.45, 2.75) is 0 Å². The quantitative estimate of drug-likeness (QED) is 0.294. The van der Waals surface area contributed by atoms with Gasteiger partial charge in [-0.15, -0.1) is 0 Å². The summed E-state index contributed by atoms with van der Waals surface area (Å²) in [5, 5.41) is 15.5. The van der Waals surface area contributed by atoms with Gasteiger partial charge in [-0.25, -0.2) is 10.5 Å². The molecule has 0 fully saturated rings. The summed E-state index contributed by atoms with van der Waals surface area (Å²) >= 11 is 0. The molecule has 0 aliphatic rings. The van der Waals surface area contributed by atoms with E-state index < -0.39 is 0 Å². The van der Waals surface area contributed by atoms with Crippen LogP contribution in [0.25, 0.3) is 0 Å². The van der Waals surface area contributed by atoms with Crippen molar-refractivity contribution in [3.8, 4) is 0 Å². The number of hydrogen-bond acceptors (Lipinski definition) is 3. The molecule has 2 N–H and O–H groups in total. The van der Waals surface area contributed by atoms with Crippen molar-refractivity contribution in [2.24, 2.45) is 0 Å². The molecule has 0 aromatic heterocycles. The Kier molecular flexibility index (Phi) is 21.2. The summed E-state index contributed by atoms with van der Waals surface area (Å²) in [5.41, 5.74) is 0. The van der Waals surface area contributed by atoms with Gasteiger partial charge in [0.05, 0.1) is 0 Å². The Morgan fingerprint density at radius 1 is 1.25 bits per heavy atom. The fraction of sp³-hybridized carbons (Fsp3) is 0. The van der Waals surface area contributed by atoms with Gasteiger partial charge in [0.2, 0.25) is 0 Å². The predicted octanol–water partition coefficient (Wildman–Crippen LogP) is -0.0535. The van der Waals surface area contributed by atoms with Crippen LogP contribution < -0.4 is 0 Å². The summed E-state index contributed by atoms with van der Waals surface area (Å²) < 4.78 is 0. The maximum absolute atomic E-state index is 6.62. The molecule has 30 valence electrons. The third kappa shape index (κ3) is 20.6. The Bertz CT molecular complexity index is 3.25. The van der Waals surface area contributed by atoms with E-state index in [4.69, 9.17) is 10.5 Å². The van der Waals surface area contributed by atoms with E-state index in [0.29, 0.717) is 0 Å². The van der Waals surface area contributed by atoms with E-state index in [1.807, 2.05) is 0 Å². The molecule has 0 saturated carbocycles. The fourth-order valence-corrected chi connectivity index (χ4v) is 0. The Morgan fingerprint density at radius 2 is 1.25 bits per heavy atom. The Labute approximate surface area is 36.7 Å². The van der Waals surface area contributed by atoms with Gasteiger partial charge in [-0.05, 0) is 0 Å². The minimum absolute atomic E-state index is 0. The van der Waals surface area contributed by atoms with Crippen LogP contribution >= 0.6 is 0 Å². The molecule has 0 aromatic rings. The zero-order valence-corrected chi connectivity index (χ0v) is 3.17. The van der Waals surface area contributed by atoms with Crippen LogP contribution in [0.3, 0.4) is 0 Å². The van der Waals surface area contributed by atoms with E-state index in [1.54, 1.807) is 0 Å². The molecule has 4 heteroatoms. The van der Waals surface area contributed by atoms with Crippen LogP contribution in [0.1, 0.15) is 0 Å². The minimum Gasteiger partial charge on any atom is -0.221 e. The topological polar surface area (TPSA) is 49.7 Å². The molecule has 0 saturated heterocycles. The first-order chi connectivity index (χ1) is 1.41. The van der Waals surface area contributed by atoms with Gasteiger partial charge in [0.25, 0.3) is 0 Å². The molecule has 0 bridgehead atoms. The van der Waals surface area contributed by atoms with Crippen molar-refractivity contribution in [1.82, 2.24) is 0 Å². The van der Waals surface area contributed by atoms with Crippen LogP contribution in [0.4, 0.5) is 0 Å². The van der Waals surface area contributed by atoms with Crippen molar-refractivity contribution >= 4 is 0 Å². The van der Waals surface area contributed by atoms with Crippen molar-refractivity contribution in [3.63, 3.8) is 0 Å². The molecule has 0 spiro atoms. The van der Waals surface area contributed by atoms with Crippen LogP contribution in [0.5, 0.6) is 0 Å². The molecular weight excluding hydrogens is 154 g/mol. The van der Waals surface area contributed by atoms with E-state index >= 15 is 0 Å². The standard InChI is InChI=1S/H2O3.Pd/c1-3-2;/h1-2H;. The molecule has 0 radical (unpaired) electrons.